The Hall–Kier alpha value is -3.72. The maximum absolute atomic E-state index is 13.3. The van der Waals surface area contributed by atoms with Crippen LogP contribution in [0, 0.1) is 0 Å². The van der Waals surface area contributed by atoms with Crippen molar-refractivity contribution in [2.75, 3.05) is 6.54 Å². The maximum Gasteiger partial charge on any atom is 0.335 e. The Morgan fingerprint density at radius 3 is 2.03 bits per heavy atom. The third-order valence-corrected chi connectivity index (χ3v) is 7.88. The maximum atomic E-state index is 13.3. The second-order valence-electron chi connectivity index (χ2n) is 9.67. The largest absolute Gasteiger partial charge is 0.488 e. The summed E-state index contributed by atoms with van der Waals surface area (Å²) in [5.74, 6) is -2.06. The lowest BCUT2D eigenvalue weighted by Gasteiger charge is -2.43. The van der Waals surface area contributed by atoms with Gasteiger partial charge in [0.2, 0.25) is 0 Å². The molecule has 5 rings (SSSR count). The van der Waals surface area contributed by atoms with Gasteiger partial charge in [-0.25, -0.2) is 4.79 Å². The van der Waals surface area contributed by atoms with E-state index in [1.54, 1.807) is 23.1 Å². The van der Waals surface area contributed by atoms with Gasteiger partial charge in [0.15, 0.2) is 11.6 Å². The molecule has 0 amide bonds. The minimum absolute atomic E-state index is 0.0437. The van der Waals surface area contributed by atoms with Gasteiger partial charge in [0.1, 0.15) is 18.9 Å². The Bertz CT molecular complexity index is 1360. The lowest BCUT2D eigenvalue weighted by molar-refractivity contribution is -0.138. The van der Waals surface area contributed by atoms with Crippen molar-refractivity contribution in [3.05, 3.63) is 86.2 Å². The van der Waals surface area contributed by atoms with Gasteiger partial charge in [0, 0.05) is 41.3 Å². The molecule has 0 spiro atoms. The van der Waals surface area contributed by atoms with Gasteiger partial charge in [-0.05, 0) is 77.0 Å². The minimum atomic E-state index is -1.000. The van der Waals surface area contributed by atoms with Gasteiger partial charge < -0.3 is 19.8 Å². The molecule has 0 atom stereocenters. The third-order valence-electron chi connectivity index (χ3n) is 7.26. The van der Waals surface area contributed by atoms with E-state index < -0.39 is 17.9 Å². The van der Waals surface area contributed by atoms with Crippen LogP contribution in [0.4, 0.5) is 0 Å². The van der Waals surface area contributed by atoms with Crippen molar-refractivity contribution in [3.63, 3.8) is 0 Å². The highest BCUT2D eigenvalue weighted by Gasteiger charge is 2.43. The molecule has 0 bridgehead atoms. The molecule has 38 heavy (non-hydrogen) atoms. The summed E-state index contributed by atoms with van der Waals surface area (Å²) in [5.41, 5.74) is 4.30. The smallest absolute Gasteiger partial charge is 0.335 e. The van der Waals surface area contributed by atoms with Crippen LogP contribution in [0.2, 0.25) is 0 Å². The third kappa shape index (κ3) is 4.90. The summed E-state index contributed by atoms with van der Waals surface area (Å²) in [6, 6.07) is 11.9. The molecule has 9 heteroatoms. The molecule has 8 nitrogen and oxygen atoms in total. The zero-order valence-corrected chi connectivity index (χ0v) is 22.1. The summed E-state index contributed by atoms with van der Waals surface area (Å²) >= 11 is 3.58. The van der Waals surface area contributed by atoms with Crippen LogP contribution in [0.15, 0.2) is 69.5 Å². The number of carboxylic acids is 2. The molecular formula is C29H26BrNO7. The van der Waals surface area contributed by atoms with Gasteiger partial charge in [-0.15, -0.1) is 0 Å². The summed E-state index contributed by atoms with van der Waals surface area (Å²) in [4.78, 5) is 51.0. The predicted octanol–water partition coefficient (Wildman–Crippen LogP) is 5.22. The van der Waals surface area contributed by atoms with Crippen LogP contribution in [0.5, 0.6) is 5.75 Å². The molecule has 0 aromatic heterocycles. The van der Waals surface area contributed by atoms with E-state index in [1.165, 1.54) is 12.1 Å². The molecule has 0 unspecified atom stereocenters. The fourth-order valence-electron chi connectivity index (χ4n) is 5.59. The van der Waals surface area contributed by atoms with Crippen LogP contribution in [0.25, 0.3) is 0 Å². The second-order valence-corrected chi connectivity index (χ2v) is 10.5. The summed E-state index contributed by atoms with van der Waals surface area (Å²) in [7, 11) is 0. The predicted molar refractivity (Wildman–Crippen MR) is 141 cm³/mol. The fourth-order valence-corrected chi connectivity index (χ4v) is 6.11. The Morgan fingerprint density at radius 1 is 0.895 bits per heavy atom. The molecule has 196 valence electrons. The van der Waals surface area contributed by atoms with E-state index in [-0.39, 0.29) is 30.3 Å². The number of ether oxygens (including phenoxy) is 1. The average molecular weight is 580 g/mol. The first-order valence-electron chi connectivity index (χ1n) is 12.5. The number of ketones is 2. The SMILES string of the molecule is O=C(O)CN1C2=C(C(=O)CCC2)C(c2ccc(OCc3ccc(C(=O)O)cc3)c(Br)c2)C2=C1CCCC2=O. The molecule has 2 N–H and O–H groups in total. The number of hydrogen-bond donors (Lipinski definition) is 2. The lowest BCUT2D eigenvalue weighted by atomic mass is 9.71. The Kier molecular flexibility index (Phi) is 7.21. The molecule has 0 radical (unpaired) electrons. The fraction of sp³-hybridized carbons (Fsp3) is 0.310. The van der Waals surface area contributed by atoms with Gasteiger partial charge in [-0.2, -0.15) is 0 Å². The number of aliphatic carboxylic acids is 1. The standard InChI is InChI=1S/C29H26BrNO7/c30-19-13-18(11-12-24(19)38-15-16-7-9-17(10-8-16)29(36)37)26-27-20(3-1-5-22(27)32)31(14-25(34)35)21-4-2-6-23(33)28(21)26/h7-13,26H,1-6,14-15H2,(H,34,35)(H,36,37). The van der Waals surface area contributed by atoms with E-state index in [9.17, 15) is 24.3 Å². The average Bonchev–Trinajstić information content (AvgIpc) is 2.89. The number of carbonyl (C=O) groups is 4. The van der Waals surface area contributed by atoms with E-state index in [2.05, 4.69) is 15.9 Å². The molecular weight excluding hydrogens is 554 g/mol. The molecule has 2 aromatic rings. The van der Waals surface area contributed by atoms with Crippen molar-refractivity contribution in [2.24, 2.45) is 0 Å². The lowest BCUT2D eigenvalue weighted by Crippen LogP contribution is -2.41. The van der Waals surface area contributed by atoms with Crippen molar-refractivity contribution in [3.8, 4) is 5.75 Å². The van der Waals surface area contributed by atoms with Gasteiger partial charge >= 0.3 is 11.9 Å². The highest BCUT2D eigenvalue weighted by atomic mass is 79.9. The van der Waals surface area contributed by atoms with Crippen LogP contribution in [0.1, 0.15) is 65.9 Å². The van der Waals surface area contributed by atoms with Crippen LogP contribution in [-0.4, -0.2) is 45.2 Å². The number of aromatic carboxylic acids is 1. The highest BCUT2D eigenvalue weighted by molar-refractivity contribution is 9.10. The number of benzene rings is 2. The van der Waals surface area contributed by atoms with Crippen molar-refractivity contribution in [1.82, 2.24) is 4.90 Å². The molecule has 2 aromatic carbocycles. The topological polar surface area (TPSA) is 121 Å². The van der Waals surface area contributed by atoms with Crippen LogP contribution < -0.4 is 4.74 Å². The number of rotatable bonds is 7. The van der Waals surface area contributed by atoms with Crippen molar-refractivity contribution in [2.45, 2.75) is 51.0 Å². The minimum Gasteiger partial charge on any atom is -0.488 e. The number of carboxylic acid groups (broad SMARTS) is 2. The normalized spacial score (nSPS) is 17.9. The van der Waals surface area contributed by atoms with Crippen molar-refractivity contribution >= 4 is 39.4 Å². The van der Waals surface area contributed by atoms with Gasteiger partial charge in [0.25, 0.3) is 0 Å². The number of Topliss-reactive ketones (excluding diaryl/α,β-unsaturated/α-hetero) is 2. The summed E-state index contributed by atoms with van der Waals surface area (Å²) in [6.07, 6.45) is 3.24. The zero-order valence-electron chi connectivity index (χ0n) is 20.5. The van der Waals surface area contributed by atoms with Crippen LogP contribution in [0.3, 0.4) is 0 Å². The van der Waals surface area contributed by atoms with E-state index in [0.717, 1.165) is 22.5 Å². The van der Waals surface area contributed by atoms with E-state index >= 15 is 0 Å². The quantitative estimate of drug-likeness (QED) is 0.457. The molecule has 1 heterocycles. The van der Waals surface area contributed by atoms with Crippen LogP contribution >= 0.6 is 15.9 Å². The molecule has 1 aliphatic heterocycles. The summed E-state index contributed by atoms with van der Waals surface area (Å²) < 4.78 is 6.61. The van der Waals surface area contributed by atoms with E-state index in [1.807, 2.05) is 12.1 Å². The summed E-state index contributed by atoms with van der Waals surface area (Å²) in [5, 5.41) is 18.7. The van der Waals surface area contributed by atoms with Crippen LogP contribution in [-0.2, 0) is 21.0 Å². The Labute approximate surface area is 227 Å². The first-order valence-corrected chi connectivity index (χ1v) is 13.3. The summed E-state index contributed by atoms with van der Waals surface area (Å²) in [6.45, 7) is -0.0398. The molecule has 3 aliphatic rings. The molecule has 0 saturated carbocycles. The van der Waals surface area contributed by atoms with E-state index in [4.69, 9.17) is 9.84 Å². The Balaban J connectivity index is 1.49. The second kappa shape index (κ2) is 10.6. The highest BCUT2D eigenvalue weighted by Crippen LogP contribution is 2.49. The number of allylic oxidation sites excluding steroid dienone is 4. The van der Waals surface area contributed by atoms with Gasteiger partial charge in [-0.1, -0.05) is 18.2 Å². The molecule has 2 aliphatic carbocycles. The van der Waals surface area contributed by atoms with E-state index in [0.29, 0.717) is 59.9 Å². The first kappa shape index (κ1) is 25.9. The number of nitrogens with zero attached hydrogens (tertiary/aromatic N) is 1. The van der Waals surface area contributed by atoms with Crippen molar-refractivity contribution < 1.29 is 34.1 Å². The van der Waals surface area contributed by atoms with Gasteiger partial charge in [0.05, 0.1) is 10.0 Å². The molecule has 0 fully saturated rings. The zero-order chi connectivity index (χ0) is 27.0. The first-order chi connectivity index (χ1) is 18.2. The van der Waals surface area contributed by atoms with Crippen molar-refractivity contribution in [1.29, 1.82) is 0 Å². The number of halogens is 1. The monoisotopic (exact) mass is 579 g/mol. The Morgan fingerprint density at radius 2 is 1.50 bits per heavy atom. The number of carbonyl (C=O) groups excluding carboxylic acids is 2. The number of hydrogen-bond acceptors (Lipinski definition) is 6. The molecule has 0 saturated heterocycles. The van der Waals surface area contributed by atoms with Gasteiger partial charge in [-0.3, -0.25) is 14.4 Å².